The molecule has 0 atom stereocenters. The number of amides is 1. The van der Waals surface area contributed by atoms with Crippen molar-refractivity contribution in [2.75, 3.05) is 31.1 Å². The zero-order valence-electron chi connectivity index (χ0n) is 14.8. The maximum absolute atomic E-state index is 12.6. The molecule has 0 aliphatic carbocycles. The number of rotatable bonds is 2. The van der Waals surface area contributed by atoms with E-state index in [-0.39, 0.29) is 11.5 Å². The van der Waals surface area contributed by atoms with Crippen LogP contribution in [0, 0.1) is 13.8 Å². The van der Waals surface area contributed by atoms with Crippen LogP contribution in [0.5, 0.6) is 0 Å². The molecule has 0 spiro atoms. The van der Waals surface area contributed by atoms with Crippen LogP contribution >= 0.6 is 0 Å². The molecule has 0 saturated carbocycles. The van der Waals surface area contributed by atoms with Crippen LogP contribution in [0.3, 0.4) is 0 Å². The average Bonchev–Trinajstić information content (AvgIpc) is 2.61. The van der Waals surface area contributed by atoms with Crippen LogP contribution in [0.2, 0.25) is 0 Å². The monoisotopic (exact) mass is 362 g/mol. The highest BCUT2D eigenvalue weighted by Crippen LogP contribution is 2.29. The highest BCUT2D eigenvalue weighted by Gasteiger charge is 2.30. The number of piperazine rings is 1. The van der Waals surface area contributed by atoms with E-state index in [4.69, 9.17) is 0 Å². The molecule has 0 unspecified atom stereocenters. The van der Waals surface area contributed by atoms with Crippen LogP contribution in [0.1, 0.15) is 27.0 Å². The average molecular weight is 362 g/mol. The summed E-state index contributed by atoms with van der Waals surface area (Å²) in [5, 5.41) is 0. The number of hydrogen-bond donors (Lipinski definition) is 0. The molecule has 26 heavy (non-hydrogen) atoms. The van der Waals surface area contributed by atoms with Gasteiger partial charge in [-0.05, 0) is 49.7 Å². The molecule has 3 nitrogen and oxygen atoms in total. The Bertz CT molecular complexity index is 792. The molecule has 3 rings (SSSR count). The Kier molecular flexibility index (Phi) is 4.94. The number of hydrogen-bond acceptors (Lipinski definition) is 2. The van der Waals surface area contributed by atoms with Gasteiger partial charge >= 0.3 is 6.18 Å². The minimum absolute atomic E-state index is 0.223. The van der Waals surface area contributed by atoms with Gasteiger partial charge in [-0.2, -0.15) is 13.2 Å². The standard InChI is InChI=1S/C20H21F3N2O/c1-14-3-8-18(15(2)13-14)24-9-11-25(12-10-24)19(26)16-4-6-17(7-5-16)20(21,22)23/h3-8,13H,9-12H2,1-2H3. The van der Waals surface area contributed by atoms with Crippen molar-refractivity contribution in [3.05, 3.63) is 64.7 Å². The molecule has 6 heteroatoms. The van der Waals surface area contributed by atoms with Gasteiger partial charge in [0, 0.05) is 37.4 Å². The van der Waals surface area contributed by atoms with Crippen molar-refractivity contribution >= 4 is 11.6 Å². The van der Waals surface area contributed by atoms with Gasteiger partial charge in [0.15, 0.2) is 0 Å². The lowest BCUT2D eigenvalue weighted by Gasteiger charge is -2.37. The van der Waals surface area contributed by atoms with E-state index in [0.29, 0.717) is 26.2 Å². The fourth-order valence-corrected chi connectivity index (χ4v) is 3.30. The second-order valence-corrected chi connectivity index (χ2v) is 6.64. The van der Waals surface area contributed by atoms with Crippen LogP contribution in [0.25, 0.3) is 0 Å². The summed E-state index contributed by atoms with van der Waals surface area (Å²) in [6.45, 7) is 6.63. The first-order chi connectivity index (χ1) is 12.3. The Morgan fingerprint density at radius 2 is 1.54 bits per heavy atom. The fourth-order valence-electron chi connectivity index (χ4n) is 3.30. The van der Waals surface area contributed by atoms with Gasteiger partial charge in [0.05, 0.1) is 5.56 Å². The topological polar surface area (TPSA) is 23.6 Å². The fraction of sp³-hybridized carbons (Fsp3) is 0.350. The third-order valence-electron chi connectivity index (χ3n) is 4.72. The van der Waals surface area contributed by atoms with Crippen molar-refractivity contribution in [3.8, 4) is 0 Å². The number of carbonyl (C=O) groups is 1. The number of alkyl halides is 3. The molecule has 0 bridgehead atoms. The van der Waals surface area contributed by atoms with E-state index in [2.05, 4.69) is 36.9 Å². The highest BCUT2D eigenvalue weighted by molar-refractivity contribution is 5.94. The minimum Gasteiger partial charge on any atom is -0.368 e. The molecule has 2 aromatic rings. The summed E-state index contributed by atoms with van der Waals surface area (Å²) in [6.07, 6.45) is -4.39. The zero-order chi connectivity index (χ0) is 18.9. The van der Waals surface area contributed by atoms with Gasteiger partial charge in [0.2, 0.25) is 0 Å². The van der Waals surface area contributed by atoms with Gasteiger partial charge in [-0.25, -0.2) is 0 Å². The number of anilines is 1. The summed E-state index contributed by atoms with van der Waals surface area (Å²) < 4.78 is 37.9. The highest BCUT2D eigenvalue weighted by atomic mass is 19.4. The maximum atomic E-state index is 12.6. The molecular weight excluding hydrogens is 341 g/mol. The van der Waals surface area contributed by atoms with Gasteiger partial charge in [-0.3, -0.25) is 4.79 Å². The third-order valence-corrected chi connectivity index (χ3v) is 4.72. The predicted octanol–water partition coefficient (Wildman–Crippen LogP) is 4.28. The quantitative estimate of drug-likeness (QED) is 0.796. The molecule has 138 valence electrons. The lowest BCUT2D eigenvalue weighted by molar-refractivity contribution is -0.137. The van der Waals surface area contributed by atoms with Gasteiger partial charge < -0.3 is 9.80 Å². The Hall–Kier alpha value is -2.50. The first-order valence-electron chi connectivity index (χ1n) is 8.54. The SMILES string of the molecule is Cc1ccc(N2CCN(C(=O)c3ccc(C(F)(F)F)cc3)CC2)c(C)c1. The van der Waals surface area contributed by atoms with Crippen molar-refractivity contribution < 1.29 is 18.0 Å². The van der Waals surface area contributed by atoms with Crippen molar-refractivity contribution in [2.24, 2.45) is 0 Å². The number of aryl methyl sites for hydroxylation is 2. The van der Waals surface area contributed by atoms with Gasteiger partial charge in [0.1, 0.15) is 0 Å². The molecule has 0 radical (unpaired) electrons. The van der Waals surface area contributed by atoms with Gasteiger partial charge in [-0.15, -0.1) is 0 Å². The van der Waals surface area contributed by atoms with Crippen LogP contribution in [-0.2, 0) is 6.18 Å². The summed E-state index contributed by atoms with van der Waals surface area (Å²) >= 11 is 0. The Morgan fingerprint density at radius 1 is 0.923 bits per heavy atom. The van der Waals surface area contributed by atoms with Crippen molar-refractivity contribution in [2.45, 2.75) is 20.0 Å². The lowest BCUT2D eigenvalue weighted by Crippen LogP contribution is -2.49. The molecule has 1 saturated heterocycles. The largest absolute Gasteiger partial charge is 0.416 e. The third kappa shape index (κ3) is 3.84. The molecule has 1 aliphatic rings. The van der Waals surface area contributed by atoms with E-state index in [1.807, 2.05) is 0 Å². The second-order valence-electron chi connectivity index (χ2n) is 6.64. The normalized spacial score (nSPS) is 15.3. The molecule has 1 aliphatic heterocycles. The molecule has 1 fully saturated rings. The van der Waals surface area contributed by atoms with Crippen molar-refractivity contribution in [1.82, 2.24) is 4.90 Å². The lowest BCUT2D eigenvalue weighted by atomic mass is 10.1. The van der Waals surface area contributed by atoms with E-state index >= 15 is 0 Å². The van der Waals surface area contributed by atoms with Gasteiger partial charge in [-0.1, -0.05) is 17.7 Å². The summed E-state index contributed by atoms with van der Waals surface area (Å²) in [7, 11) is 0. The molecule has 0 aromatic heterocycles. The number of benzene rings is 2. The molecule has 1 heterocycles. The predicted molar refractivity (Wildman–Crippen MR) is 95.5 cm³/mol. The Balaban J connectivity index is 1.65. The summed E-state index contributed by atoms with van der Waals surface area (Å²) in [4.78, 5) is 16.5. The minimum atomic E-state index is -4.39. The summed E-state index contributed by atoms with van der Waals surface area (Å²) in [5.74, 6) is -0.223. The summed E-state index contributed by atoms with van der Waals surface area (Å²) in [5.41, 5.74) is 3.12. The van der Waals surface area contributed by atoms with Crippen molar-refractivity contribution in [3.63, 3.8) is 0 Å². The number of carbonyl (C=O) groups excluding carboxylic acids is 1. The molecule has 1 amide bonds. The van der Waals surface area contributed by atoms with Crippen LogP contribution in [0.4, 0.5) is 18.9 Å². The maximum Gasteiger partial charge on any atom is 0.416 e. The Labute approximate surface area is 151 Å². The zero-order valence-corrected chi connectivity index (χ0v) is 14.8. The first-order valence-corrected chi connectivity index (χ1v) is 8.54. The second kappa shape index (κ2) is 7.02. The van der Waals surface area contributed by atoms with E-state index in [1.165, 1.54) is 23.3 Å². The smallest absolute Gasteiger partial charge is 0.368 e. The van der Waals surface area contributed by atoms with E-state index in [1.54, 1.807) is 4.90 Å². The summed E-state index contributed by atoms with van der Waals surface area (Å²) in [6, 6.07) is 10.7. The molecule has 2 aromatic carbocycles. The van der Waals surface area contributed by atoms with Crippen LogP contribution in [0.15, 0.2) is 42.5 Å². The van der Waals surface area contributed by atoms with Crippen molar-refractivity contribution in [1.29, 1.82) is 0 Å². The van der Waals surface area contributed by atoms with E-state index in [0.717, 1.165) is 17.8 Å². The molecule has 0 N–H and O–H groups in total. The van der Waals surface area contributed by atoms with E-state index in [9.17, 15) is 18.0 Å². The van der Waals surface area contributed by atoms with Gasteiger partial charge in [0.25, 0.3) is 5.91 Å². The molecular formula is C20H21F3N2O. The first kappa shape index (κ1) is 18.3. The number of nitrogens with zero attached hydrogens (tertiary/aromatic N) is 2. The van der Waals surface area contributed by atoms with E-state index < -0.39 is 11.7 Å². The Morgan fingerprint density at radius 3 is 2.08 bits per heavy atom. The van der Waals surface area contributed by atoms with Crippen LogP contribution in [-0.4, -0.2) is 37.0 Å². The number of halogens is 3. The van der Waals surface area contributed by atoms with Crippen LogP contribution < -0.4 is 4.90 Å².